The Kier molecular flexibility index (Phi) is 7.03. The summed E-state index contributed by atoms with van der Waals surface area (Å²) in [5, 5.41) is 3.27. The molecule has 1 unspecified atom stereocenters. The van der Waals surface area contributed by atoms with Crippen LogP contribution >= 0.6 is 0 Å². The molecule has 1 atom stereocenters. The van der Waals surface area contributed by atoms with Gasteiger partial charge >= 0.3 is 0 Å². The summed E-state index contributed by atoms with van der Waals surface area (Å²) in [6.07, 6.45) is 7.56. The Morgan fingerprint density at radius 1 is 1.70 bits per heavy atom. The Balaban J connectivity index is 0.000000810. The van der Waals surface area contributed by atoms with E-state index in [0.717, 1.165) is 19.5 Å². The van der Waals surface area contributed by atoms with E-state index in [4.69, 9.17) is 0 Å². The second kappa shape index (κ2) is 6.51. The Hall–Kier alpha value is 0.804. The van der Waals surface area contributed by atoms with Gasteiger partial charge in [0.2, 0.25) is 0 Å². The van der Waals surface area contributed by atoms with E-state index in [2.05, 4.69) is 24.4 Å². The molecule has 1 nitrogen and oxygen atoms in total. The standard InChI is InChI=1S/C8H13N.Y/c1-2-4-8-5-3-6-9-7-8;/h3,8-9H,1-2,4,6-7H2;/q-2;. The summed E-state index contributed by atoms with van der Waals surface area (Å²) in [6, 6.07) is 0. The van der Waals surface area contributed by atoms with Crippen LogP contribution in [-0.2, 0) is 32.7 Å². The van der Waals surface area contributed by atoms with Crippen LogP contribution in [0.3, 0.4) is 0 Å². The summed E-state index contributed by atoms with van der Waals surface area (Å²) in [5.74, 6) is 0.622. The Bertz CT molecular complexity index is 101. The maximum atomic E-state index is 3.80. The monoisotopic (exact) mass is 212 g/mol. The van der Waals surface area contributed by atoms with Gasteiger partial charge in [0.15, 0.2) is 0 Å². The molecule has 1 rings (SSSR count). The molecule has 0 aromatic rings. The van der Waals surface area contributed by atoms with Crippen molar-refractivity contribution in [1.29, 1.82) is 0 Å². The number of nitrogens with one attached hydrogen (secondary N) is 1. The van der Waals surface area contributed by atoms with E-state index in [1.54, 1.807) is 0 Å². The van der Waals surface area contributed by atoms with Crippen molar-refractivity contribution >= 4 is 0 Å². The minimum atomic E-state index is 0. The zero-order valence-corrected chi connectivity index (χ0v) is 9.11. The van der Waals surface area contributed by atoms with E-state index < -0.39 is 0 Å². The molecule has 10 heavy (non-hydrogen) atoms. The summed E-state index contributed by atoms with van der Waals surface area (Å²) >= 11 is 0. The van der Waals surface area contributed by atoms with E-state index in [-0.39, 0.29) is 32.7 Å². The number of rotatable bonds is 2. The average Bonchev–Trinajstić information content (AvgIpc) is 1.91. The van der Waals surface area contributed by atoms with Gasteiger partial charge in [-0.2, -0.15) is 12.3 Å². The maximum Gasteiger partial charge on any atom is 0 e. The molecule has 2 heteroatoms. The van der Waals surface area contributed by atoms with E-state index >= 15 is 0 Å². The zero-order valence-electron chi connectivity index (χ0n) is 6.27. The molecule has 1 heterocycles. The molecule has 1 N–H and O–H groups in total. The molecule has 1 aliphatic heterocycles. The molecule has 0 fully saturated rings. The van der Waals surface area contributed by atoms with Gasteiger partial charge in [-0.1, -0.05) is 0 Å². The number of hydrogen-bond acceptors (Lipinski definition) is 1. The quantitative estimate of drug-likeness (QED) is 0.677. The van der Waals surface area contributed by atoms with Crippen molar-refractivity contribution in [3.8, 4) is 0 Å². The zero-order chi connectivity index (χ0) is 6.53. The minimum Gasteiger partial charge on any atom is -0.495 e. The van der Waals surface area contributed by atoms with E-state index in [1.165, 1.54) is 6.42 Å². The first kappa shape index (κ1) is 10.8. The van der Waals surface area contributed by atoms with Gasteiger partial charge in [-0.3, -0.25) is 6.08 Å². The fourth-order valence-corrected chi connectivity index (χ4v) is 1.05. The summed E-state index contributed by atoms with van der Waals surface area (Å²) in [5.41, 5.74) is 0. The van der Waals surface area contributed by atoms with Gasteiger partial charge in [0.05, 0.1) is 0 Å². The minimum absolute atomic E-state index is 0. The molecular formula is C8H13NY-2. The first-order valence-corrected chi connectivity index (χ1v) is 3.51. The van der Waals surface area contributed by atoms with Crippen molar-refractivity contribution in [2.75, 3.05) is 13.1 Å². The first-order valence-electron chi connectivity index (χ1n) is 3.51. The van der Waals surface area contributed by atoms with Crippen molar-refractivity contribution < 1.29 is 32.7 Å². The summed E-state index contributed by atoms with van der Waals surface area (Å²) in [7, 11) is 0. The van der Waals surface area contributed by atoms with Gasteiger partial charge in [0, 0.05) is 32.7 Å². The van der Waals surface area contributed by atoms with Crippen LogP contribution in [0.5, 0.6) is 0 Å². The molecule has 0 aliphatic carbocycles. The van der Waals surface area contributed by atoms with Crippen LogP contribution in [0.4, 0.5) is 0 Å². The molecule has 1 aliphatic rings. The largest absolute Gasteiger partial charge is 0.495 e. The third-order valence-corrected chi connectivity index (χ3v) is 1.54. The Morgan fingerprint density at radius 2 is 2.50 bits per heavy atom. The summed E-state index contributed by atoms with van der Waals surface area (Å²) in [4.78, 5) is 0. The molecular weight excluding hydrogens is 199 g/mol. The van der Waals surface area contributed by atoms with Gasteiger partial charge in [-0.05, 0) is 13.1 Å². The predicted molar refractivity (Wildman–Crippen MR) is 38.8 cm³/mol. The fourth-order valence-electron chi connectivity index (χ4n) is 1.05. The Morgan fingerprint density at radius 3 is 3.00 bits per heavy atom. The molecule has 0 saturated heterocycles. The topological polar surface area (TPSA) is 12.0 Å². The van der Waals surface area contributed by atoms with E-state index in [9.17, 15) is 0 Å². The van der Waals surface area contributed by atoms with E-state index in [0.29, 0.717) is 5.92 Å². The van der Waals surface area contributed by atoms with Gasteiger partial charge in [-0.15, -0.1) is 6.42 Å². The molecule has 1 radical (unpaired) electrons. The third-order valence-electron chi connectivity index (χ3n) is 1.54. The van der Waals surface area contributed by atoms with Crippen molar-refractivity contribution in [3.63, 3.8) is 0 Å². The smallest absolute Gasteiger partial charge is 0 e. The average molecular weight is 212 g/mol. The van der Waals surface area contributed by atoms with Crippen LogP contribution in [0.15, 0.2) is 6.08 Å². The van der Waals surface area contributed by atoms with Crippen LogP contribution in [-0.4, -0.2) is 13.1 Å². The van der Waals surface area contributed by atoms with Crippen LogP contribution in [0.25, 0.3) is 0 Å². The second-order valence-corrected chi connectivity index (χ2v) is 2.37. The van der Waals surface area contributed by atoms with Gasteiger partial charge in [0.1, 0.15) is 0 Å². The first-order chi connectivity index (χ1) is 4.43. The second-order valence-electron chi connectivity index (χ2n) is 2.37. The van der Waals surface area contributed by atoms with Crippen molar-refractivity contribution in [2.24, 2.45) is 5.92 Å². The van der Waals surface area contributed by atoms with Crippen molar-refractivity contribution in [3.05, 3.63) is 19.1 Å². The molecule has 0 aromatic carbocycles. The van der Waals surface area contributed by atoms with Crippen LogP contribution in [0.2, 0.25) is 0 Å². The Labute approximate surface area is 88.5 Å². The van der Waals surface area contributed by atoms with Crippen molar-refractivity contribution in [1.82, 2.24) is 5.32 Å². The number of hydrogen-bond donors (Lipinski definition) is 1. The molecule has 0 amide bonds. The normalized spacial score (nSPS) is 23.9. The fraction of sp³-hybridized carbons (Fsp3) is 0.625. The SMILES string of the molecule is [CH2-]CCC1[C-]=CCNC1.[Y]. The van der Waals surface area contributed by atoms with E-state index in [1.807, 2.05) is 0 Å². The van der Waals surface area contributed by atoms with Crippen LogP contribution < -0.4 is 5.32 Å². The summed E-state index contributed by atoms with van der Waals surface area (Å²) in [6.45, 7) is 5.88. The van der Waals surface area contributed by atoms with Gasteiger partial charge < -0.3 is 18.3 Å². The molecule has 0 saturated carbocycles. The molecule has 0 bridgehead atoms. The van der Waals surface area contributed by atoms with Gasteiger partial charge in [-0.25, -0.2) is 0 Å². The predicted octanol–water partition coefficient (Wildman–Crippen LogP) is 1.18. The van der Waals surface area contributed by atoms with Crippen LogP contribution in [0, 0.1) is 18.9 Å². The molecule has 55 valence electrons. The molecule has 0 spiro atoms. The maximum absolute atomic E-state index is 3.80. The third kappa shape index (κ3) is 3.85. The summed E-state index contributed by atoms with van der Waals surface area (Å²) < 4.78 is 0. The van der Waals surface area contributed by atoms with Gasteiger partial charge in [0.25, 0.3) is 0 Å². The van der Waals surface area contributed by atoms with Crippen LogP contribution in [0.1, 0.15) is 12.8 Å². The molecule has 0 aromatic heterocycles. The van der Waals surface area contributed by atoms with Crippen molar-refractivity contribution in [2.45, 2.75) is 12.8 Å².